The molecule has 0 saturated carbocycles. The predicted octanol–water partition coefficient (Wildman–Crippen LogP) is 0.948. The Kier molecular flexibility index (Phi) is 6.37. The highest BCUT2D eigenvalue weighted by Gasteiger charge is 2.15. The van der Waals surface area contributed by atoms with E-state index < -0.39 is 16.9 Å². The lowest BCUT2D eigenvalue weighted by Crippen LogP contribution is -2.34. The van der Waals surface area contributed by atoms with Gasteiger partial charge in [0.25, 0.3) is 11.6 Å². The van der Waals surface area contributed by atoms with Crippen LogP contribution in [0.5, 0.6) is 0 Å². The molecule has 0 radical (unpaired) electrons. The zero-order valence-electron chi connectivity index (χ0n) is 10.9. The molecule has 20 heavy (non-hydrogen) atoms. The van der Waals surface area contributed by atoms with Gasteiger partial charge in [0.15, 0.2) is 0 Å². The number of hydrogen-bond acceptors (Lipinski definition) is 5. The van der Waals surface area contributed by atoms with Crippen molar-refractivity contribution in [1.82, 2.24) is 10.6 Å². The minimum Gasteiger partial charge on any atom is -0.392 e. The molecule has 0 spiro atoms. The number of amides is 1. The molecule has 0 bridgehead atoms. The SMILES string of the molecule is CC(O)CNCCNC(=O)c1cc([N+](=O)[O-])ccc1Cl. The first-order valence-electron chi connectivity index (χ1n) is 6.02. The Morgan fingerprint density at radius 1 is 1.50 bits per heavy atom. The lowest BCUT2D eigenvalue weighted by molar-refractivity contribution is -0.384. The summed E-state index contributed by atoms with van der Waals surface area (Å²) in [5.41, 5.74) is -0.122. The quantitative estimate of drug-likeness (QED) is 0.395. The van der Waals surface area contributed by atoms with Gasteiger partial charge >= 0.3 is 0 Å². The lowest BCUT2D eigenvalue weighted by Gasteiger charge is -2.09. The maximum atomic E-state index is 11.8. The molecule has 1 unspecified atom stereocenters. The van der Waals surface area contributed by atoms with Crippen LogP contribution in [0.1, 0.15) is 17.3 Å². The van der Waals surface area contributed by atoms with Gasteiger partial charge in [-0.3, -0.25) is 14.9 Å². The van der Waals surface area contributed by atoms with Crippen molar-refractivity contribution in [3.8, 4) is 0 Å². The molecule has 0 aliphatic heterocycles. The molecular formula is C12H16ClN3O4. The van der Waals surface area contributed by atoms with Crippen molar-refractivity contribution in [2.24, 2.45) is 0 Å². The zero-order chi connectivity index (χ0) is 15.1. The van der Waals surface area contributed by atoms with Gasteiger partial charge in [-0.05, 0) is 13.0 Å². The number of rotatable bonds is 7. The van der Waals surface area contributed by atoms with Gasteiger partial charge in [0.2, 0.25) is 0 Å². The lowest BCUT2D eigenvalue weighted by atomic mass is 10.2. The highest BCUT2D eigenvalue weighted by molar-refractivity contribution is 6.33. The van der Waals surface area contributed by atoms with E-state index in [1.165, 1.54) is 12.1 Å². The summed E-state index contributed by atoms with van der Waals surface area (Å²) in [4.78, 5) is 21.9. The van der Waals surface area contributed by atoms with Crippen molar-refractivity contribution in [1.29, 1.82) is 0 Å². The second-order valence-electron chi connectivity index (χ2n) is 4.23. The Labute approximate surface area is 121 Å². The van der Waals surface area contributed by atoms with E-state index in [9.17, 15) is 14.9 Å². The molecular weight excluding hydrogens is 286 g/mol. The topological polar surface area (TPSA) is 104 Å². The summed E-state index contributed by atoms with van der Waals surface area (Å²) in [5, 5.41) is 25.4. The molecule has 0 aliphatic rings. The van der Waals surface area contributed by atoms with Crippen LogP contribution in [-0.2, 0) is 0 Å². The number of benzene rings is 1. The number of nitro benzene ring substituents is 1. The second kappa shape index (κ2) is 7.78. The first kappa shape index (κ1) is 16.4. The standard InChI is InChI=1S/C12H16ClN3O4/c1-8(17)7-14-4-5-15-12(18)10-6-9(16(19)20)2-3-11(10)13/h2-3,6,8,14,17H,4-5,7H2,1H3,(H,15,18). The molecule has 0 aromatic heterocycles. The Morgan fingerprint density at radius 3 is 2.80 bits per heavy atom. The highest BCUT2D eigenvalue weighted by Crippen LogP contribution is 2.21. The number of aliphatic hydroxyl groups excluding tert-OH is 1. The van der Waals surface area contributed by atoms with Crippen LogP contribution in [0.2, 0.25) is 5.02 Å². The fourth-order valence-corrected chi connectivity index (χ4v) is 1.67. The van der Waals surface area contributed by atoms with E-state index in [1.54, 1.807) is 6.92 Å². The van der Waals surface area contributed by atoms with Crippen LogP contribution < -0.4 is 10.6 Å². The van der Waals surface area contributed by atoms with Crippen molar-refractivity contribution in [3.05, 3.63) is 38.9 Å². The number of nitrogens with one attached hydrogen (secondary N) is 2. The number of nitrogens with zero attached hydrogens (tertiary/aromatic N) is 1. The van der Waals surface area contributed by atoms with Crippen molar-refractivity contribution >= 4 is 23.2 Å². The number of halogens is 1. The van der Waals surface area contributed by atoms with Gasteiger partial charge in [0.05, 0.1) is 21.6 Å². The maximum Gasteiger partial charge on any atom is 0.270 e. The maximum absolute atomic E-state index is 11.8. The molecule has 1 amide bonds. The minimum absolute atomic E-state index is 0.0661. The molecule has 3 N–H and O–H groups in total. The van der Waals surface area contributed by atoms with Crippen LogP contribution in [0, 0.1) is 10.1 Å². The highest BCUT2D eigenvalue weighted by atomic mass is 35.5. The number of carbonyl (C=O) groups excluding carboxylic acids is 1. The zero-order valence-corrected chi connectivity index (χ0v) is 11.7. The van der Waals surface area contributed by atoms with Crippen LogP contribution in [0.15, 0.2) is 18.2 Å². The number of non-ortho nitro benzene ring substituents is 1. The normalized spacial score (nSPS) is 11.9. The number of aliphatic hydroxyl groups is 1. The average Bonchev–Trinajstić information content (AvgIpc) is 2.37. The van der Waals surface area contributed by atoms with Crippen LogP contribution in [0.4, 0.5) is 5.69 Å². The summed E-state index contributed by atoms with van der Waals surface area (Å²) >= 11 is 5.85. The molecule has 1 rings (SSSR count). The van der Waals surface area contributed by atoms with Gasteiger partial charge in [-0.2, -0.15) is 0 Å². The van der Waals surface area contributed by atoms with E-state index in [0.717, 1.165) is 6.07 Å². The fraction of sp³-hybridized carbons (Fsp3) is 0.417. The predicted molar refractivity (Wildman–Crippen MR) is 75.0 cm³/mol. The molecule has 0 saturated heterocycles. The first-order valence-corrected chi connectivity index (χ1v) is 6.40. The molecule has 7 nitrogen and oxygen atoms in total. The summed E-state index contributed by atoms with van der Waals surface area (Å²) in [5.74, 6) is -0.474. The van der Waals surface area contributed by atoms with E-state index in [-0.39, 0.29) is 16.3 Å². The van der Waals surface area contributed by atoms with Crippen LogP contribution in [-0.4, -0.2) is 41.7 Å². The van der Waals surface area contributed by atoms with Crippen molar-refractivity contribution in [3.63, 3.8) is 0 Å². The van der Waals surface area contributed by atoms with E-state index in [0.29, 0.717) is 19.6 Å². The molecule has 110 valence electrons. The number of carbonyl (C=O) groups is 1. The van der Waals surface area contributed by atoms with Gasteiger partial charge < -0.3 is 15.7 Å². The Hall–Kier alpha value is -1.70. The summed E-state index contributed by atoms with van der Waals surface area (Å²) in [6.45, 7) is 2.87. The molecule has 0 aliphatic carbocycles. The fourth-order valence-electron chi connectivity index (χ4n) is 1.47. The van der Waals surface area contributed by atoms with Crippen LogP contribution >= 0.6 is 11.6 Å². The number of hydrogen-bond donors (Lipinski definition) is 3. The monoisotopic (exact) mass is 301 g/mol. The van der Waals surface area contributed by atoms with Gasteiger partial charge in [0.1, 0.15) is 0 Å². The molecule has 0 fully saturated rings. The summed E-state index contributed by atoms with van der Waals surface area (Å²) in [6.07, 6.45) is -0.461. The van der Waals surface area contributed by atoms with E-state index >= 15 is 0 Å². The molecule has 0 heterocycles. The van der Waals surface area contributed by atoms with Crippen LogP contribution in [0.25, 0.3) is 0 Å². The smallest absolute Gasteiger partial charge is 0.270 e. The average molecular weight is 302 g/mol. The molecule has 1 atom stereocenters. The summed E-state index contributed by atoms with van der Waals surface area (Å²) in [6, 6.07) is 3.70. The summed E-state index contributed by atoms with van der Waals surface area (Å²) in [7, 11) is 0. The van der Waals surface area contributed by atoms with E-state index in [4.69, 9.17) is 16.7 Å². The largest absolute Gasteiger partial charge is 0.392 e. The van der Waals surface area contributed by atoms with E-state index in [2.05, 4.69) is 10.6 Å². The van der Waals surface area contributed by atoms with Crippen molar-refractivity contribution in [2.75, 3.05) is 19.6 Å². The second-order valence-corrected chi connectivity index (χ2v) is 4.64. The molecule has 1 aromatic rings. The third-order valence-corrected chi connectivity index (χ3v) is 2.76. The van der Waals surface area contributed by atoms with E-state index in [1.807, 2.05) is 0 Å². The van der Waals surface area contributed by atoms with Crippen LogP contribution in [0.3, 0.4) is 0 Å². The Morgan fingerprint density at radius 2 is 2.20 bits per heavy atom. The van der Waals surface area contributed by atoms with Gasteiger partial charge in [-0.15, -0.1) is 0 Å². The van der Waals surface area contributed by atoms with Crippen molar-refractivity contribution < 1.29 is 14.8 Å². The Balaban J connectivity index is 2.55. The Bertz CT molecular complexity index is 494. The first-order chi connectivity index (χ1) is 9.41. The third kappa shape index (κ3) is 5.12. The summed E-state index contributed by atoms with van der Waals surface area (Å²) < 4.78 is 0. The number of nitro groups is 1. The van der Waals surface area contributed by atoms with Crippen molar-refractivity contribution in [2.45, 2.75) is 13.0 Å². The van der Waals surface area contributed by atoms with Gasteiger partial charge in [-0.25, -0.2) is 0 Å². The molecule has 1 aromatic carbocycles. The third-order valence-electron chi connectivity index (χ3n) is 2.43. The minimum atomic E-state index is -0.586. The van der Waals surface area contributed by atoms with Gasteiger partial charge in [-0.1, -0.05) is 11.6 Å². The molecule has 8 heteroatoms. The van der Waals surface area contributed by atoms with Gasteiger partial charge in [0, 0.05) is 31.8 Å².